The number of nitrogens with zero attached hydrogens (tertiary/aromatic N) is 2. The van der Waals surface area contributed by atoms with Crippen LogP contribution in [0.3, 0.4) is 0 Å². The molecule has 0 N–H and O–H groups in total. The van der Waals surface area contributed by atoms with Crippen molar-refractivity contribution in [1.29, 1.82) is 0 Å². The maximum Gasteiger partial charge on any atom is -1.00 e. The smallest absolute Gasteiger partial charge is 1.00 e. The van der Waals surface area contributed by atoms with Gasteiger partial charge in [-0.3, -0.25) is 0 Å². The Bertz CT molecular complexity index is 43.3. The molecule has 0 fully saturated rings. The van der Waals surface area contributed by atoms with Crippen LogP contribution in [0, 0.1) is 0 Å². The van der Waals surface area contributed by atoms with Gasteiger partial charge in [0.1, 0.15) is 0 Å². The van der Waals surface area contributed by atoms with Gasteiger partial charge in [0.25, 0.3) is 0 Å². The molecule has 2 nitrogen and oxygen atoms in total. The summed E-state index contributed by atoms with van der Waals surface area (Å²) in [4.78, 5) is 0. The van der Waals surface area contributed by atoms with Crippen molar-refractivity contribution in [3.8, 4) is 0 Å². The molecule has 0 atom stereocenters. The van der Waals surface area contributed by atoms with Gasteiger partial charge in [0.05, 0.1) is 0 Å². The van der Waals surface area contributed by atoms with E-state index in [2.05, 4.69) is 36.0 Å². The molecule has 0 aliphatic heterocycles. The summed E-state index contributed by atoms with van der Waals surface area (Å²) in [5, 5.41) is 0. The van der Waals surface area contributed by atoms with Crippen LogP contribution in [0.1, 0.15) is 0 Å². The van der Waals surface area contributed by atoms with Crippen molar-refractivity contribution >= 4 is 15.7 Å². The van der Waals surface area contributed by atoms with E-state index in [0.717, 1.165) is 0 Å². The zero-order valence-electron chi connectivity index (χ0n) is 5.85. The van der Waals surface area contributed by atoms with Crippen molar-refractivity contribution in [1.82, 2.24) is 7.77 Å². The summed E-state index contributed by atoms with van der Waals surface area (Å²) in [6.45, 7) is 0. The van der Waals surface area contributed by atoms with Crippen LogP contribution in [0.25, 0.3) is 0 Å². The van der Waals surface area contributed by atoms with E-state index in [-0.39, 0.29) is 12.4 Å². The van der Waals surface area contributed by atoms with Crippen LogP contribution >= 0.6 is 0 Å². The summed E-state index contributed by atoms with van der Waals surface area (Å²) < 4.78 is 4.42. The third-order valence-corrected chi connectivity index (χ3v) is 1.39. The SMILES string of the molecule is C[N](C)[Al+][N](C)C.[Cl-]. The van der Waals surface area contributed by atoms with E-state index in [1.807, 2.05) is 0 Å². The molecule has 0 saturated carbocycles. The van der Waals surface area contributed by atoms with Gasteiger partial charge in [-0.1, -0.05) is 0 Å². The summed E-state index contributed by atoms with van der Waals surface area (Å²) >= 11 is 0.380. The molecule has 0 unspecified atom stereocenters. The number of hydrogen-bond donors (Lipinski definition) is 0. The maximum atomic E-state index is 2.21. The Balaban J connectivity index is 0. The zero-order valence-corrected chi connectivity index (χ0v) is 7.76. The van der Waals surface area contributed by atoms with Gasteiger partial charge in [-0.25, -0.2) is 0 Å². The van der Waals surface area contributed by atoms with E-state index < -0.39 is 0 Å². The monoisotopic (exact) mass is 150 g/mol. The Labute approximate surface area is 64.4 Å². The molecule has 0 bridgehead atoms. The zero-order chi connectivity index (χ0) is 5.86. The van der Waals surface area contributed by atoms with Crippen LogP contribution in [0.2, 0.25) is 0 Å². The van der Waals surface area contributed by atoms with Gasteiger partial charge in [-0.05, 0) is 0 Å². The van der Waals surface area contributed by atoms with Gasteiger partial charge in [0.2, 0.25) is 0 Å². The second-order valence-electron chi connectivity index (χ2n) is 2.04. The number of hydrogen-bond acceptors (Lipinski definition) is 2. The first-order chi connectivity index (χ1) is 3.13. The van der Waals surface area contributed by atoms with Crippen molar-refractivity contribution in [2.24, 2.45) is 0 Å². The first-order valence-corrected chi connectivity index (χ1v) is 3.34. The molecule has 8 heavy (non-hydrogen) atoms. The Hall–Kier alpha value is 0.742. The average molecular weight is 151 g/mol. The standard InChI is InChI=1S/2C2H6N.Al.ClH/c2*1-3-2;;/h2*1-2H3;;1H/q2*-1;+3;/p-1. The van der Waals surface area contributed by atoms with Crippen LogP contribution in [-0.2, 0) is 0 Å². The molecule has 0 saturated heterocycles. The molecule has 4 heteroatoms. The fourth-order valence-corrected chi connectivity index (χ4v) is 1.39. The van der Waals surface area contributed by atoms with Crippen molar-refractivity contribution in [2.45, 2.75) is 0 Å². The van der Waals surface area contributed by atoms with Gasteiger partial charge >= 0.3 is 51.6 Å². The predicted molar refractivity (Wildman–Crippen MR) is 33.1 cm³/mol. The molecular weight excluding hydrogens is 138 g/mol. The Morgan fingerprint density at radius 1 is 0.875 bits per heavy atom. The first kappa shape index (κ1) is 11.5. The summed E-state index contributed by atoms with van der Waals surface area (Å²) in [6.07, 6.45) is 0. The minimum absolute atomic E-state index is 0. The third kappa shape index (κ3) is 9.89. The first-order valence-electron chi connectivity index (χ1n) is 2.31. The average Bonchev–Trinajstić information content (AvgIpc) is 1.27. The van der Waals surface area contributed by atoms with Gasteiger partial charge in [-0.15, -0.1) is 0 Å². The summed E-state index contributed by atoms with van der Waals surface area (Å²) in [7, 11) is 8.37. The van der Waals surface area contributed by atoms with E-state index in [1.54, 1.807) is 0 Å². The van der Waals surface area contributed by atoms with E-state index >= 15 is 0 Å². The Morgan fingerprint density at radius 2 is 1.12 bits per heavy atom. The van der Waals surface area contributed by atoms with Gasteiger partial charge in [-0.2, -0.15) is 0 Å². The summed E-state index contributed by atoms with van der Waals surface area (Å²) in [6, 6.07) is 0. The number of halogens is 1. The Kier molecular flexibility index (Phi) is 8.46. The van der Waals surface area contributed by atoms with Crippen LogP contribution in [0.4, 0.5) is 0 Å². The third-order valence-electron chi connectivity index (χ3n) is 0.462. The summed E-state index contributed by atoms with van der Waals surface area (Å²) in [5.41, 5.74) is 0. The molecule has 0 spiro atoms. The molecule has 0 amide bonds. The van der Waals surface area contributed by atoms with Crippen molar-refractivity contribution in [2.75, 3.05) is 28.2 Å². The molecular formula is C4H12AlClN2. The molecule has 0 aliphatic carbocycles. The van der Waals surface area contributed by atoms with Crippen molar-refractivity contribution in [3.63, 3.8) is 0 Å². The normalized spacial score (nSPS) is 8.75. The van der Waals surface area contributed by atoms with Gasteiger partial charge in [0.15, 0.2) is 0 Å². The molecule has 0 aromatic rings. The second-order valence-corrected chi connectivity index (χ2v) is 4.34. The molecule has 0 aliphatic rings. The molecule has 0 aromatic heterocycles. The van der Waals surface area contributed by atoms with Crippen molar-refractivity contribution < 1.29 is 12.4 Å². The fraction of sp³-hybridized carbons (Fsp3) is 1.00. The van der Waals surface area contributed by atoms with Crippen LogP contribution in [0.15, 0.2) is 0 Å². The Morgan fingerprint density at radius 3 is 1.12 bits per heavy atom. The molecule has 48 valence electrons. The van der Waals surface area contributed by atoms with Crippen molar-refractivity contribution in [3.05, 3.63) is 0 Å². The largest absolute Gasteiger partial charge is 1.00 e. The van der Waals surface area contributed by atoms with E-state index in [4.69, 9.17) is 0 Å². The van der Waals surface area contributed by atoms with Gasteiger partial charge in [0, 0.05) is 0 Å². The maximum absolute atomic E-state index is 2.21. The minimum Gasteiger partial charge on any atom is -1.00 e. The molecule has 0 rings (SSSR count). The summed E-state index contributed by atoms with van der Waals surface area (Å²) in [5.74, 6) is 0. The molecule has 0 radical (unpaired) electrons. The van der Waals surface area contributed by atoms with Crippen LogP contribution in [-0.4, -0.2) is 51.6 Å². The molecule has 0 aromatic carbocycles. The predicted octanol–water partition coefficient (Wildman–Crippen LogP) is -3.35. The number of rotatable bonds is 2. The van der Waals surface area contributed by atoms with Crippen LogP contribution < -0.4 is 12.4 Å². The topological polar surface area (TPSA) is 6.48 Å². The van der Waals surface area contributed by atoms with Gasteiger partial charge < -0.3 is 12.4 Å². The molecule has 0 heterocycles. The second kappa shape index (κ2) is 5.87. The van der Waals surface area contributed by atoms with E-state index in [0.29, 0.717) is 15.7 Å². The van der Waals surface area contributed by atoms with Crippen LogP contribution in [0.5, 0.6) is 0 Å². The minimum atomic E-state index is 0. The van der Waals surface area contributed by atoms with E-state index in [1.165, 1.54) is 0 Å². The quantitative estimate of drug-likeness (QED) is 0.380. The van der Waals surface area contributed by atoms with E-state index in [9.17, 15) is 0 Å². The fourth-order valence-electron chi connectivity index (χ4n) is 0.462.